The minimum Gasteiger partial charge on any atom is -0.367 e. The summed E-state index contributed by atoms with van der Waals surface area (Å²) in [5.41, 5.74) is -0.208. The lowest BCUT2D eigenvalue weighted by Gasteiger charge is -2.02. The number of nitrogens with zero attached hydrogens (tertiary/aromatic N) is 2. The summed E-state index contributed by atoms with van der Waals surface area (Å²) in [6.07, 6.45) is 4.10. The lowest BCUT2D eigenvalue weighted by molar-refractivity contribution is 0.809. The summed E-state index contributed by atoms with van der Waals surface area (Å²) in [6.45, 7) is 0. The Kier molecular flexibility index (Phi) is 1.60. The molecule has 2 rings (SSSR count). The number of rotatable bonds is 2. The summed E-state index contributed by atoms with van der Waals surface area (Å²) in [5.74, 6) is 0.695. The van der Waals surface area contributed by atoms with Gasteiger partial charge in [-0.05, 0) is 18.9 Å². The van der Waals surface area contributed by atoms with Crippen molar-refractivity contribution >= 4 is 5.82 Å². The minimum atomic E-state index is -0.208. The third kappa shape index (κ3) is 1.47. The third-order valence-electron chi connectivity index (χ3n) is 1.90. The Morgan fingerprint density at radius 2 is 2.42 bits per heavy atom. The van der Waals surface area contributed by atoms with Gasteiger partial charge in [-0.2, -0.15) is 4.98 Å². The van der Waals surface area contributed by atoms with Crippen LogP contribution in [0.25, 0.3) is 0 Å². The second-order valence-electron chi connectivity index (χ2n) is 3.12. The molecule has 1 aromatic rings. The highest BCUT2D eigenvalue weighted by molar-refractivity contribution is 5.34. The zero-order chi connectivity index (χ0) is 8.55. The third-order valence-corrected chi connectivity index (χ3v) is 1.90. The van der Waals surface area contributed by atoms with Crippen LogP contribution in [-0.4, -0.2) is 15.6 Å². The van der Waals surface area contributed by atoms with E-state index in [0.717, 1.165) is 0 Å². The zero-order valence-electron chi connectivity index (χ0n) is 6.95. The summed E-state index contributed by atoms with van der Waals surface area (Å²) in [7, 11) is 1.69. The van der Waals surface area contributed by atoms with Gasteiger partial charge < -0.3 is 9.88 Å². The molecule has 0 spiro atoms. The SMILES string of the molecule is Cn1ccc(NC2CC2)nc1=O. The first-order valence-corrected chi connectivity index (χ1v) is 4.06. The summed E-state index contributed by atoms with van der Waals surface area (Å²) in [6, 6.07) is 2.37. The average Bonchev–Trinajstić information content (AvgIpc) is 2.81. The van der Waals surface area contributed by atoms with E-state index in [1.54, 1.807) is 13.2 Å². The number of hydrogen-bond acceptors (Lipinski definition) is 3. The minimum absolute atomic E-state index is 0.208. The highest BCUT2D eigenvalue weighted by Crippen LogP contribution is 2.22. The van der Waals surface area contributed by atoms with Crippen LogP contribution in [0.15, 0.2) is 17.1 Å². The maximum Gasteiger partial charge on any atom is 0.349 e. The first kappa shape index (κ1) is 7.34. The number of anilines is 1. The molecule has 0 radical (unpaired) electrons. The van der Waals surface area contributed by atoms with E-state index >= 15 is 0 Å². The van der Waals surface area contributed by atoms with Crippen LogP contribution in [0.3, 0.4) is 0 Å². The molecule has 0 amide bonds. The molecule has 4 heteroatoms. The highest BCUT2D eigenvalue weighted by atomic mass is 16.1. The van der Waals surface area contributed by atoms with Crippen LogP contribution in [0.5, 0.6) is 0 Å². The van der Waals surface area contributed by atoms with Crippen molar-refractivity contribution < 1.29 is 0 Å². The van der Waals surface area contributed by atoms with Gasteiger partial charge in [0.25, 0.3) is 0 Å². The molecule has 1 heterocycles. The molecule has 0 saturated heterocycles. The Morgan fingerprint density at radius 1 is 1.67 bits per heavy atom. The van der Waals surface area contributed by atoms with Gasteiger partial charge in [-0.15, -0.1) is 0 Å². The fraction of sp³-hybridized carbons (Fsp3) is 0.500. The fourth-order valence-corrected chi connectivity index (χ4v) is 0.983. The van der Waals surface area contributed by atoms with Crippen LogP contribution in [0.4, 0.5) is 5.82 Å². The molecule has 0 bridgehead atoms. The molecule has 1 saturated carbocycles. The quantitative estimate of drug-likeness (QED) is 0.688. The van der Waals surface area contributed by atoms with Gasteiger partial charge in [0.1, 0.15) is 5.82 Å². The summed E-state index contributed by atoms with van der Waals surface area (Å²) >= 11 is 0. The van der Waals surface area contributed by atoms with E-state index in [9.17, 15) is 4.79 Å². The van der Waals surface area contributed by atoms with E-state index in [1.807, 2.05) is 6.07 Å². The normalized spacial score (nSPS) is 16.1. The predicted molar refractivity (Wildman–Crippen MR) is 46.1 cm³/mol. The Hall–Kier alpha value is -1.32. The van der Waals surface area contributed by atoms with Gasteiger partial charge in [0.2, 0.25) is 0 Å². The number of aryl methyl sites for hydroxylation is 1. The molecule has 1 fully saturated rings. The van der Waals surface area contributed by atoms with Crippen LogP contribution in [0.1, 0.15) is 12.8 Å². The van der Waals surface area contributed by atoms with Crippen molar-refractivity contribution in [1.82, 2.24) is 9.55 Å². The van der Waals surface area contributed by atoms with Crippen LogP contribution in [0.2, 0.25) is 0 Å². The monoisotopic (exact) mass is 165 g/mol. The van der Waals surface area contributed by atoms with Crippen molar-refractivity contribution in [2.45, 2.75) is 18.9 Å². The van der Waals surface area contributed by atoms with Gasteiger partial charge in [0, 0.05) is 19.3 Å². The molecule has 0 aromatic carbocycles. The van der Waals surface area contributed by atoms with Crippen molar-refractivity contribution in [3.05, 3.63) is 22.7 Å². The van der Waals surface area contributed by atoms with Gasteiger partial charge in [0.05, 0.1) is 0 Å². The topological polar surface area (TPSA) is 46.9 Å². The van der Waals surface area contributed by atoms with Crippen molar-refractivity contribution in [3.8, 4) is 0 Å². The van der Waals surface area contributed by atoms with E-state index in [0.29, 0.717) is 11.9 Å². The molecule has 64 valence electrons. The smallest absolute Gasteiger partial charge is 0.349 e. The van der Waals surface area contributed by atoms with Crippen LogP contribution in [-0.2, 0) is 7.05 Å². The van der Waals surface area contributed by atoms with Gasteiger partial charge >= 0.3 is 5.69 Å². The average molecular weight is 165 g/mol. The van der Waals surface area contributed by atoms with Gasteiger partial charge in [-0.25, -0.2) is 4.79 Å². The molecule has 0 unspecified atom stereocenters. The number of hydrogen-bond donors (Lipinski definition) is 1. The molecule has 1 N–H and O–H groups in total. The summed E-state index contributed by atoms with van der Waals surface area (Å²) in [5, 5.41) is 3.16. The van der Waals surface area contributed by atoms with Crippen LogP contribution in [0, 0.1) is 0 Å². The molecular weight excluding hydrogens is 154 g/mol. The van der Waals surface area contributed by atoms with Gasteiger partial charge in [-0.3, -0.25) is 0 Å². The van der Waals surface area contributed by atoms with E-state index in [2.05, 4.69) is 10.3 Å². The molecule has 4 nitrogen and oxygen atoms in total. The lowest BCUT2D eigenvalue weighted by atomic mass is 10.5. The standard InChI is InChI=1S/C8H11N3O/c1-11-5-4-7(10-8(11)12)9-6-2-3-6/h4-6H,2-3H2,1H3,(H,9,10,12). The first-order chi connectivity index (χ1) is 5.75. The Bertz CT molecular complexity index is 340. The second kappa shape index (κ2) is 2.62. The van der Waals surface area contributed by atoms with Crippen molar-refractivity contribution in [3.63, 3.8) is 0 Å². The maximum absolute atomic E-state index is 11.1. The van der Waals surface area contributed by atoms with Crippen LogP contribution >= 0.6 is 0 Å². The maximum atomic E-state index is 11.1. The summed E-state index contributed by atoms with van der Waals surface area (Å²) in [4.78, 5) is 14.9. The molecule has 1 aliphatic rings. The lowest BCUT2D eigenvalue weighted by Crippen LogP contribution is -2.20. The molecule has 1 aliphatic carbocycles. The molecular formula is C8H11N3O. The largest absolute Gasteiger partial charge is 0.367 e. The van der Waals surface area contributed by atoms with E-state index in [1.165, 1.54) is 17.4 Å². The molecule has 12 heavy (non-hydrogen) atoms. The van der Waals surface area contributed by atoms with E-state index in [-0.39, 0.29) is 5.69 Å². The molecule has 1 aromatic heterocycles. The zero-order valence-corrected chi connectivity index (χ0v) is 6.95. The van der Waals surface area contributed by atoms with Gasteiger partial charge in [-0.1, -0.05) is 0 Å². The Morgan fingerprint density at radius 3 is 3.00 bits per heavy atom. The van der Waals surface area contributed by atoms with Crippen molar-refractivity contribution in [2.24, 2.45) is 7.05 Å². The van der Waals surface area contributed by atoms with Crippen molar-refractivity contribution in [2.75, 3.05) is 5.32 Å². The predicted octanol–water partition coefficient (Wildman–Crippen LogP) is 0.355. The molecule has 0 aliphatic heterocycles. The number of nitrogens with one attached hydrogen (secondary N) is 1. The van der Waals surface area contributed by atoms with Crippen molar-refractivity contribution in [1.29, 1.82) is 0 Å². The Balaban J connectivity index is 2.21. The molecule has 0 atom stereocenters. The van der Waals surface area contributed by atoms with Gasteiger partial charge in [0.15, 0.2) is 0 Å². The number of aromatic nitrogens is 2. The van der Waals surface area contributed by atoms with E-state index in [4.69, 9.17) is 0 Å². The second-order valence-corrected chi connectivity index (χ2v) is 3.12. The van der Waals surface area contributed by atoms with Crippen LogP contribution < -0.4 is 11.0 Å². The summed E-state index contributed by atoms with van der Waals surface area (Å²) < 4.78 is 1.46. The Labute approximate surface area is 70.2 Å². The fourth-order valence-electron chi connectivity index (χ4n) is 0.983. The first-order valence-electron chi connectivity index (χ1n) is 4.06. The van der Waals surface area contributed by atoms with E-state index < -0.39 is 0 Å². The highest BCUT2D eigenvalue weighted by Gasteiger charge is 2.21.